The Labute approximate surface area is 189 Å². The van der Waals surface area contributed by atoms with Gasteiger partial charge in [-0.15, -0.1) is 0 Å². The van der Waals surface area contributed by atoms with E-state index in [1.807, 2.05) is 36.4 Å². The Kier molecular flexibility index (Phi) is 5.71. The number of hydrogen-bond acceptors (Lipinski definition) is 5. The summed E-state index contributed by atoms with van der Waals surface area (Å²) in [4.78, 5) is 16.0. The van der Waals surface area contributed by atoms with E-state index in [1.54, 1.807) is 12.1 Å². The number of carbonyl (C=O) groups is 1. The molecule has 2 N–H and O–H groups in total. The molecule has 0 saturated carbocycles. The highest BCUT2D eigenvalue weighted by molar-refractivity contribution is 5.99. The number of nitrogens with zero attached hydrogens (tertiary/aromatic N) is 3. The van der Waals surface area contributed by atoms with Crippen molar-refractivity contribution in [1.82, 2.24) is 4.98 Å². The van der Waals surface area contributed by atoms with Gasteiger partial charge in [-0.2, -0.15) is 10.5 Å². The third kappa shape index (κ3) is 4.21. The van der Waals surface area contributed by atoms with Crippen LogP contribution in [-0.4, -0.2) is 22.1 Å². The highest BCUT2D eigenvalue weighted by Crippen LogP contribution is 2.35. The van der Waals surface area contributed by atoms with Crippen LogP contribution in [0.1, 0.15) is 18.1 Å². The van der Waals surface area contributed by atoms with Crippen LogP contribution in [0.15, 0.2) is 66.7 Å². The summed E-state index contributed by atoms with van der Waals surface area (Å²) >= 11 is 0. The molecule has 0 aliphatic carbocycles. The van der Waals surface area contributed by atoms with Gasteiger partial charge in [0.1, 0.15) is 23.5 Å². The number of carboxylic acid groups (broad SMARTS) is 1. The quantitative estimate of drug-likeness (QED) is 0.437. The van der Waals surface area contributed by atoms with E-state index in [4.69, 9.17) is 5.26 Å². The Bertz CT molecular complexity index is 1450. The van der Waals surface area contributed by atoms with Gasteiger partial charge in [-0.05, 0) is 48.4 Å². The molecule has 0 saturated heterocycles. The molecule has 1 atom stereocenters. The first kappa shape index (κ1) is 21.5. The number of rotatable bonds is 5. The molecular weight excluding hydrogens is 419 g/mol. The van der Waals surface area contributed by atoms with Crippen LogP contribution in [0.3, 0.4) is 0 Å². The van der Waals surface area contributed by atoms with Gasteiger partial charge in [-0.25, -0.2) is 9.37 Å². The van der Waals surface area contributed by atoms with Gasteiger partial charge in [0.15, 0.2) is 0 Å². The summed E-state index contributed by atoms with van der Waals surface area (Å²) < 4.78 is 14.0. The largest absolute Gasteiger partial charge is 0.480 e. The third-order valence-corrected chi connectivity index (χ3v) is 5.30. The monoisotopic (exact) mass is 436 g/mol. The zero-order valence-electron chi connectivity index (χ0n) is 17.5. The topological polar surface area (TPSA) is 110 Å². The Morgan fingerprint density at radius 1 is 0.970 bits per heavy atom. The summed E-state index contributed by atoms with van der Waals surface area (Å²) in [6.07, 6.45) is 0. The van der Waals surface area contributed by atoms with Gasteiger partial charge in [0.05, 0.1) is 28.5 Å². The number of fused-ring (bicyclic) bond motifs is 1. The minimum absolute atomic E-state index is 0.132. The molecule has 160 valence electrons. The lowest BCUT2D eigenvalue weighted by molar-refractivity contribution is -0.137. The van der Waals surface area contributed by atoms with Gasteiger partial charge in [0, 0.05) is 10.9 Å². The SMILES string of the molecule is CC(Nc1c(C#N)c(-c2ccc(-c3ccc(C#N)cc3)cc2)nc2ccc(F)cc12)C(=O)O. The summed E-state index contributed by atoms with van der Waals surface area (Å²) in [5.74, 6) is -1.62. The lowest BCUT2D eigenvalue weighted by Gasteiger charge is -2.17. The molecule has 0 aliphatic heterocycles. The standard InChI is InChI=1S/C26H17FN4O2/c1-15(26(32)33)30-25-21-12-20(27)10-11-23(21)31-24(22(25)14-29)19-8-6-18(7-9-19)17-4-2-16(13-28)3-5-17/h2-12,15H,1H3,(H,30,31)(H,32,33). The van der Waals surface area contributed by atoms with E-state index in [0.29, 0.717) is 27.7 Å². The normalized spacial score (nSPS) is 11.4. The molecule has 0 radical (unpaired) electrons. The molecule has 0 amide bonds. The number of halogens is 1. The Balaban J connectivity index is 1.84. The number of pyridine rings is 1. The molecule has 3 aromatic carbocycles. The number of nitriles is 2. The first-order valence-electron chi connectivity index (χ1n) is 10.0. The van der Waals surface area contributed by atoms with E-state index >= 15 is 0 Å². The summed E-state index contributed by atoms with van der Waals surface area (Å²) in [6.45, 7) is 1.45. The number of nitrogens with one attached hydrogen (secondary N) is 1. The maximum Gasteiger partial charge on any atom is 0.325 e. The van der Waals surface area contributed by atoms with Crippen LogP contribution < -0.4 is 5.32 Å². The molecule has 0 aliphatic rings. The fourth-order valence-electron chi connectivity index (χ4n) is 3.54. The molecule has 4 rings (SSSR count). The van der Waals surface area contributed by atoms with Crippen LogP contribution in [0.2, 0.25) is 0 Å². The van der Waals surface area contributed by atoms with Gasteiger partial charge >= 0.3 is 5.97 Å². The molecule has 7 heteroatoms. The first-order valence-corrected chi connectivity index (χ1v) is 10.0. The van der Waals surface area contributed by atoms with E-state index in [2.05, 4.69) is 22.4 Å². The highest BCUT2D eigenvalue weighted by atomic mass is 19.1. The van der Waals surface area contributed by atoms with Gasteiger partial charge in [0.2, 0.25) is 0 Å². The predicted octanol–water partition coefficient (Wildman–Crippen LogP) is 5.34. The maximum absolute atomic E-state index is 14.0. The molecular formula is C26H17FN4O2. The second-order valence-electron chi connectivity index (χ2n) is 7.45. The van der Waals surface area contributed by atoms with Crippen LogP contribution in [-0.2, 0) is 4.79 Å². The lowest BCUT2D eigenvalue weighted by atomic mass is 9.98. The van der Waals surface area contributed by atoms with Gasteiger partial charge in [0.25, 0.3) is 0 Å². The van der Waals surface area contributed by atoms with Crippen molar-refractivity contribution in [3.8, 4) is 34.5 Å². The Morgan fingerprint density at radius 2 is 1.58 bits per heavy atom. The van der Waals surface area contributed by atoms with Crippen LogP contribution in [0.5, 0.6) is 0 Å². The fraction of sp³-hybridized carbons (Fsp3) is 0.0769. The third-order valence-electron chi connectivity index (χ3n) is 5.30. The van der Waals surface area contributed by atoms with E-state index < -0.39 is 17.8 Å². The first-order chi connectivity index (χ1) is 15.9. The molecule has 33 heavy (non-hydrogen) atoms. The van der Waals surface area contributed by atoms with Crippen molar-refractivity contribution in [3.63, 3.8) is 0 Å². The molecule has 0 bridgehead atoms. The summed E-state index contributed by atoms with van der Waals surface area (Å²) in [6, 6.07) is 21.8. The molecule has 4 aromatic rings. The zero-order chi connectivity index (χ0) is 23.5. The van der Waals surface area contributed by atoms with E-state index in [9.17, 15) is 19.6 Å². The maximum atomic E-state index is 14.0. The summed E-state index contributed by atoms with van der Waals surface area (Å²) in [7, 11) is 0. The molecule has 0 spiro atoms. The summed E-state index contributed by atoms with van der Waals surface area (Å²) in [5, 5.41) is 31.4. The van der Waals surface area contributed by atoms with Crippen molar-refractivity contribution in [2.45, 2.75) is 13.0 Å². The number of anilines is 1. The number of benzene rings is 3. The number of hydrogen-bond donors (Lipinski definition) is 2. The van der Waals surface area contributed by atoms with Crippen molar-refractivity contribution in [1.29, 1.82) is 10.5 Å². The number of carboxylic acids is 1. The van der Waals surface area contributed by atoms with Gasteiger partial charge < -0.3 is 10.4 Å². The Morgan fingerprint density at radius 3 is 2.15 bits per heavy atom. The van der Waals surface area contributed by atoms with E-state index in [0.717, 1.165) is 11.1 Å². The predicted molar refractivity (Wildman–Crippen MR) is 123 cm³/mol. The minimum Gasteiger partial charge on any atom is -0.480 e. The van der Waals surface area contributed by atoms with E-state index in [1.165, 1.54) is 25.1 Å². The molecule has 1 heterocycles. The molecule has 1 unspecified atom stereocenters. The van der Waals surface area contributed by atoms with Crippen molar-refractivity contribution in [2.75, 3.05) is 5.32 Å². The lowest BCUT2D eigenvalue weighted by Crippen LogP contribution is -2.26. The van der Waals surface area contributed by atoms with Crippen LogP contribution >= 0.6 is 0 Å². The highest BCUT2D eigenvalue weighted by Gasteiger charge is 2.20. The zero-order valence-corrected chi connectivity index (χ0v) is 17.5. The van der Waals surface area contributed by atoms with Crippen molar-refractivity contribution in [3.05, 3.63) is 83.7 Å². The minimum atomic E-state index is -1.10. The molecule has 6 nitrogen and oxygen atoms in total. The Hall–Kier alpha value is -4.75. The van der Waals surface area contributed by atoms with Crippen molar-refractivity contribution in [2.24, 2.45) is 0 Å². The van der Waals surface area contributed by atoms with Crippen LogP contribution in [0.25, 0.3) is 33.3 Å². The van der Waals surface area contributed by atoms with Gasteiger partial charge in [-0.1, -0.05) is 36.4 Å². The molecule has 1 aromatic heterocycles. The van der Waals surface area contributed by atoms with Crippen LogP contribution in [0, 0.1) is 28.5 Å². The number of aromatic nitrogens is 1. The van der Waals surface area contributed by atoms with E-state index in [-0.39, 0.29) is 11.3 Å². The number of aliphatic carboxylic acids is 1. The smallest absolute Gasteiger partial charge is 0.325 e. The fourth-order valence-corrected chi connectivity index (χ4v) is 3.54. The summed E-state index contributed by atoms with van der Waals surface area (Å²) in [5.41, 5.74) is 4.23. The van der Waals surface area contributed by atoms with Crippen molar-refractivity contribution < 1.29 is 14.3 Å². The van der Waals surface area contributed by atoms with Gasteiger partial charge in [-0.3, -0.25) is 4.79 Å². The van der Waals surface area contributed by atoms with Crippen molar-refractivity contribution >= 4 is 22.6 Å². The second-order valence-corrected chi connectivity index (χ2v) is 7.45. The average molecular weight is 436 g/mol. The average Bonchev–Trinajstić information content (AvgIpc) is 2.84. The molecule has 0 fully saturated rings. The van der Waals surface area contributed by atoms with Crippen LogP contribution in [0.4, 0.5) is 10.1 Å². The second kappa shape index (κ2) is 8.78.